The topological polar surface area (TPSA) is 73.6 Å². The normalized spacial score (nSPS) is 11.0. The van der Waals surface area contributed by atoms with Crippen molar-refractivity contribution in [3.05, 3.63) is 65.6 Å². The van der Waals surface area contributed by atoms with E-state index in [1.54, 1.807) is 42.2 Å². The van der Waals surface area contributed by atoms with Crippen LogP contribution in [0.1, 0.15) is 15.9 Å². The largest absolute Gasteiger partial charge is 0.506 e. The molecular formula is C21H19FN2O4. The standard InChI is InChI=1S/C21H19FN2O4/c1-24-15(10-11-23-24)19-17(27-2)12-18(28-3)20(21(19)26)16(25)9-6-13-4-7-14(22)8-5-13/h4-12,26H,1-3H3/b9-6+. The van der Waals surface area contributed by atoms with Gasteiger partial charge in [0.1, 0.15) is 28.6 Å². The third kappa shape index (κ3) is 3.59. The van der Waals surface area contributed by atoms with Crippen LogP contribution in [0.3, 0.4) is 0 Å². The van der Waals surface area contributed by atoms with E-state index in [1.807, 2.05) is 0 Å². The van der Waals surface area contributed by atoms with E-state index < -0.39 is 5.78 Å². The Kier molecular flexibility index (Phi) is 5.44. The molecule has 7 heteroatoms. The smallest absolute Gasteiger partial charge is 0.193 e. The number of allylic oxidation sites excluding steroid dienone is 1. The van der Waals surface area contributed by atoms with Gasteiger partial charge in [-0.3, -0.25) is 9.48 Å². The number of carbonyl (C=O) groups excluding carboxylic acids is 1. The van der Waals surface area contributed by atoms with Crippen molar-refractivity contribution in [2.45, 2.75) is 0 Å². The molecule has 0 saturated heterocycles. The maximum absolute atomic E-state index is 13.0. The number of methoxy groups -OCH3 is 2. The van der Waals surface area contributed by atoms with Crippen molar-refractivity contribution in [2.24, 2.45) is 7.05 Å². The summed E-state index contributed by atoms with van der Waals surface area (Å²) in [5, 5.41) is 15.0. The lowest BCUT2D eigenvalue weighted by Gasteiger charge is -2.16. The molecule has 0 aliphatic rings. The molecule has 0 spiro atoms. The van der Waals surface area contributed by atoms with Gasteiger partial charge in [-0.15, -0.1) is 0 Å². The molecule has 2 aromatic carbocycles. The zero-order valence-electron chi connectivity index (χ0n) is 15.6. The number of phenols is 1. The van der Waals surface area contributed by atoms with Crippen molar-refractivity contribution in [2.75, 3.05) is 14.2 Å². The predicted molar refractivity (Wildman–Crippen MR) is 103 cm³/mol. The van der Waals surface area contributed by atoms with Gasteiger partial charge in [0.05, 0.1) is 25.5 Å². The maximum Gasteiger partial charge on any atom is 0.193 e. The number of aryl methyl sites for hydroxylation is 1. The van der Waals surface area contributed by atoms with E-state index in [-0.39, 0.29) is 22.9 Å². The lowest BCUT2D eigenvalue weighted by Crippen LogP contribution is -2.04. The molecule has 1 heterocycles. The Bertz CT molecular complexity index is 1040. The van der Waals surface area contributed by atoms with Gasteiger partial charge in [-0.1, -0.05) is 18.2 Å². The van der Waals surface area contributed by atoms with E-state index in [1.165, 1.54) is 38.5 Å². The molecule has 1 N–H and O–H groups in total. The first kappa shape index (κ1) is 19.2. The van der Waals surface area contributed by atoms with E-state index in [9.17, 15) is 14.3 Å². The van der Waals surface area contributed by atoms with Crippen LogP contribution in [0, 0.1) is 5.82 Å². The summed E-state index contributed by atoms with van der Waals surface area (Å²) in [6.07, 6.45) is 4.41. The third-order valence-corrected chi connectivity index (χ3v) is 4.29. The Hall–Kier alpha value is -3.61. The average molecular weight is 382 g/mol. The summed E-state index contributed by atoms with van der Waals surface area (Å²) in [6, 6.07) is 8.94. The van der Waals surface area contributed by atoms with Crippen LogP contribution < -0.4 is 9.47 Å². The molecule has 0 bridgehead atoms. The van der Waals surface area contributed by atoms with Gasteiger partial charge < -0.3 is 14.6 Å². The second kappa shape index (κ2) is 7.96. The number of ether oxygens (including phenoxy) is 2. The summed E-state index contributed by atoms with van der Waals surface area (Å²) < 4.78 is 25.3. The van der Waals surface area contributed by atoms with Gasteiger partial charge in [0.2, 0.25) is 0 Å². The fraction of sp³-hybridized carbons (Fsp3) is 0.143. The van der Waals surface area contributed by atoms with Gasteiger partial charge >= 0.3 is 0 Å². The van der Waals surface area contributed by atoms with Crippen LogP contribution in [0.15, 0.2) is 48.7 Å². The van der Waals surface area contributed by atoms with Crippen molar-refractivity contribution >= 4 is 11.9 Å². The summed E-state index contributed by atoms with van der Waals surface area (Å²) in [5.41, 5.74) is 1.56. The first-order valence-electron chi connectivity index (χ1n) is 8.40. The molecule has 28 heavy (non-hydrogen) atoms. The van der Waals surface area contributed by atoms with Gasteiger partial charge in [-0.2, -0.15) is 5.10 Å². The highest BCUT2D eigenvalue weighted by Crippen LogP contribution is 2.44. The zero-order chi connectivity index (χ0) is 20.3. The van der Waals surface area contributed by atoms with E-state index in [0.29, 0.717) is 22.6 Å². The van der Waals surface area contributed by atoms with Crippen molar-refractivity contribution in [1.82, 2.24) is 9.78 Å². The monoisotopic (exact) mass is 382 g/mol. The number of hydrogen-bond donors (Lipinski definition) is 1. The number of benzene rings is 2. The highest BCUT2D eigenvalue weighted by atomic mass is 19.1. The molecule has 6 nitrogen and oxygen atoms in total. The molecular weight excluding hydrogens is 363 g/mol. The van der Waals surface area contributed by atoms with Crippen LogP contribution in [0.4, 0.5) is 4.39 Å². The summed E-state index contributed by atoms with van der Waals surface area (Å²) in [5.74, 6) is -0.580. The molecule has 0 radical (unpaired) electrons. The molecule has 3 aromatic rings. The quantitative estimate of drug-likeness (QED) is 0.518. The van der Waals surface area contributed by atoms with Crippen LogP contribution >= 0.6 is 0 Å². The second-order valence-electron chi connectivity index (χ2n) is 5.97. The zero-order valence-corrected chi connectivity index (χ0v) is 15.6. The fourth-order valence-corrected chi connectivity index (χ4v) is 2.88. The molecule has 0 fully saturated rings. The summed E-state index contributed by atoms with van der Waals surface area (Å²) in [7, 11) is 4.58. The molecule has 0 atom stereocenters. The van der Waals surface area contributed by atoms with Gasteiger partial charge in [-0.05, 0) is 29.8 Å². The number of aromatic nitrogens is 2. The molecule has 0 unspecified atom stereocenters. The van der Waals surface area contributed by atoms with Crippen molar-refractivity contribution in [1.29, 1.82) is 0 Å². The number of hydrogen-bond acceptors (Lipinski definition) is 5. The van der Waals surface area contributed by atoms with Crippen LogP contribution in [0.2, 0.25) is 0 Å². The molecule has 144 valence electrons. The van der Waals surface area contributed by atoms with Gasteiger partial charge in [0.25, 0.3) is 0 Å². The number of phenolic OH excluding ortho intramolecular Hbond substituents is 1. The summed E-state index contributed by atoms with van der Waals surface area (Å²) >= 11 is 0. The first-order chi connectivity index (χ1) is 13.5. The molecule has 0 amide bonds. The highest BCUT2D eigenvalue weighted by molar-refractivity contribution is 6.12. The second-order valence-corrected chi connectivity index (χ2v) is 5.97. The van der Waals surface area contributed by atoms with Crippen LogP contribution in [-0.4, -0.2) is 34.9 Å². The van der Waals surface area contributed by atoms with E-state index in [2.05, 4.69) is 5.10 Å². The average Bonchev–Trinajstić information content (AvgIpc) is 3.11. The minimum Gasteiger partial charge on any atom is -0.506 e. The van der Waals surface area contributed by atoms with Crippen LogP contribution in [0.5, 0.6) is 17.2 Å². The number of halogens is 1. The van der Waals surface area contributed by atoms with Crippen molar-refractivity contribution in [3.63, 3.8) is 0 Å². The van der Waals surface area contributed by atoms with Crippen LogP contribution in [-0.2, 0) is 7.05 Å². The Morgan fingerprint density at radius 1 is 1.14 bits per heavy atom. The number of ketones is 1. The lowest BCUT2D eigenvalue weighted by molar-refractivity contribution is 0.104. The molecule has 1 aromatic heterocycles. The van der Waals surface area contributed by atoms with Gasteiger partial charge in [-0.25, -0.2) is 4.39 Å². The molecule has 3 rings (SSSR count). The summed E-state index contributed by atoms with van der Waals surface area (Å²) in [6.45, 7) is 0. The van der Waals surface area contributed by atoms with E-state index in [0.717, 1.165) is 0 Å². The first-order valence-corrected chi connectivity index (χ1v) is 8.40. The van der Waals surface area contributed by atoms with Gasteiger partial charge in [0, 0.05) is 19.3 Å². The number of aromatic hydroxyl groups is 1. The number of carbonyl (C=O) groups is 1. The van der Waals surface area contributed by atoms with Crippen molar-refractivity contribution < 1.29 is 23.8 Å². The maximum atomic E-state index is 13.0. The molecule has 0 aliphatic carbocycles. The van der Waals surface area contributed by atoms with Crippen LogP contribution in [0.25, 0.3) is 17.3 Å². The number of nitrogens with zero attached hydrogens (tertiary/aromatic N) is 2. The third-order valence-electron chi connectivity index (χ3n) is 4.29. The van der Waals surface area contributed by atoms with Gasteiger partial charge in [0.15, 0.2) is 5.78 Å². The predicted octanol–water partition coefficient (Wildman–Crippen LogP) is 3.85. The van der Waals surface area contributed by atoms with Crippen molar-refractivity contribution in [3.8, 4) is 28.5 Å². The minimum atomic E-state index is -0.468. The summed E-state index contributed by atoms with van der Waals surface area (Å²) in [4.78, 5) is 12.8. The van der Waals surface area contributed by atoms with E-state index in [4.69, 9.17) is 9.47 Å². The lowest BCUT2D eigenvalue weighted by atomic mass is 9.99. The van der Waals surface area contributed by atoms with E-state index >= 15 is 0 Å². The Labute approximate surface area is 161 Å². The SMILES string of the molecule is COc1cc(OC)c(-c2ccnn2C)c(O)c1C(=O)/C=C/c1ccc(F)cc1. The minimum absolute atomic E-state index is 0.00198. The Morgan fingerprint density at radius 2 is 1.82 bits per heavy atom. The Morgan fingerprint density at radius 3 is 2.39 bits per heavy atom. The fourth-order valence-electron chi connectivity index (χ4n) is 2.88. The molecule has 0 aliphatic heterocycles. The molecule has 0 saturated carbocycles. The Balaban J connectivity index is 2.10. The number of rotatable bonds is 6. The highest BCUT2D eigenvalue weighted by Gasteiger charge is 2.25.